The summed E-state index contributed by atoms with van der Waals surface area (Å²) in [6.45, 7) is 0.523. The van der Waals surface area contributed by atoms with Crippen molar-refractivity contribution in [3.63, 3.8) is 0 Å². The normalized spacial score (nSPS) is 12.4. The first-order valence-electron chi connectivity index (χ1n) is 10.6. The van der Waals surface area contributed by atoms with Crippen molar-refractivity contribution in [1.29, 1.82) is 0 Å². The van der Waals surface area contributed by atoms with E-state index in [1.54, 1.807) is 30.3 Å². The summed E-state index contributed by atoms with van der Waals surface area (Å²) in [7, 11) is 0. The second-order valence-corrected chi connectivity index (χ2v) is 8.30. The summed E-state index contributed by atoms with van der Waals surface area (Å²) in [4.78, 5) is 29.4. The molecule has 0 bridgehead atoms. The highest BCUT2D eigenvalue weighted by Crippen LogP contribution is 2.32. The lowest BCUT2D eigenvalue weighted by atomic mass is 10.1. The Balaban J connectivity index is 1.18. The molecule has 1 aliphatic heterocycles. The van der Waals surface area contributed by atoms with E-state index < -0.39 is 18.5 Å². The number of benzene rings is 3. The Bertz CT molecular complexity index is 1320. The van der Waals surface area contributed by atoms with Gasteiger partial charge in [0.2, 0.25) is 0 Å². The van der Waals surface area contributed by atoms with Crippen molar-refractivity contribution in [2.45, 2.75) is 11.0 Å². The van der Waals surface area contributed by atoms with Crippen LogP contribution in [0.4, 0.5) is 5.69 Å². The Kier molecular flexibility index (Phi) is 6.35. The van der Waals surface area contributed by atoms with Gasteiger partial charge in [0.1, 0.15) is 18.7 Å². The molecule has 1 N–H and O–H groups in total. The molecule has 2 heterocycles. The summed E-state index contributed by atoms with van der Waals surface area (Å²) in [5.41, 5.74) is 3.16. The van der Waals surface area contributed by atoms with Gasteiger partial charge in [0.15, 0.2) is 23.7 Å². The standard InChI is InChI=1S/C25H20N2O6S/c28-23(26-17-9-10-21-22(13-17)31-12-11-30-21)14-32-24(29)18-6-2-1-5-16(18)15-34-25-27-19-7-3-4-8-20(19)33-25/h1-10,13H,11-12,14-15H2,(H,26,28). The maximum Gasteiger partial charge on any atom is 0.338 e. The van der Waals surface area contributed by atoms with Gasteiger partial charge in [-0.15, -0.1) is 0 Å². The maximum absolute atomic E-state index is 12.7. The number of anilines is 1. The fourth-order valence-electron chi connectivity index (χ4n) is 3.42. The van der Waals surface area contributed by atoms with Crippen LogP contribution in [-0.2, 0) is 15.3 Å². The maximum atomic E-state index is 12.7. The lowest BCUT2D eigenvalue weighted by Gasteiger charge is -2.19. The first-order valence-corrected chi connectivity index (χ1v) is 11.6. The summed E-state index contributed by atoms with van der Waals surface area (Å²) in [6, 6.07) is 19.7. The zero-order chi connectivity index (χ0) is 23.3. The topological polar surface area (TPSA) is 99.9 Å². The van der Waals surface area contributed by atoms with Gasteiger partial charge in [-0.25, -0.2) is 9.78 Å². The van der Waals surface area contributed by atoms with Crippen molar-refractivity contribution in [1.82, 2.24) is 4.98 Å². The number of oxazole rings is 1. The monoisotopic (exact) mass is 476 g/mol. The lowest BCUT2D eigenvalue weighted by Crippen LogP contribution is -2.21. The van der Waals surface area contributed by atoms with Crippen LogP contribution < -0.4 is 14.8 Å². The number of carbonyl (C=O) groups is 2. The van der Waals surface area contributed by atoms with Gasteiger partial charge in [-0.1, -0.05) is 42.1 Å². The van der Waals surface area contributed by atoms with E-state index in [0.717, 1.165) is 11.1 Å². The first kappa shape index (κ1) is 21.8. The molecule has 0 spiro atoms. The van der Waals surface area contributed by atoms with Crippen LogP contribution in [0.5, 0.6) is 11.5 Å². The van der Waals surface area contributed by atoms with Gasteiger partial charge in [0, 0.05) is 17.5 Å². The van der Waals surface area contributed by atoms with Crippen molar-refractivity contribution >= 4 is 40.4 Å². The van der Waals surface area contributed by atoms with E-state index in [-0.39, 0.29) is 0 Å². The van der Waals surface area contributed by atoms with Crippen LogP contribution in [0.25, 0.3) is 11.1 Å². The molecule has 0 fully saturated rings. The molecule has 0 atom stereocenters. The molecule has 172 valence electrons. The highest BCUT2D eigenvalue weighted by atomic mass is 32.2. The predicted molar refractivity (Wildman–Crippen MR) is 126 cm³/mol. The van der Waals surface area contributed by atoms with Crippen molar-refractivity contribution < 1.29 is 28.2 Å². The zero-order valence-electron chi connectivity index (χ0n) is 18.0. The Labute approximate surface area is 199 Å². The molecule has 9 heteroatoms. The number of fused-ring (bicyclic) bond motifs is 2. The molecule has 3 aromatic carbocycles. The molecule has 34 heavy (non-hydrogen) atoms. The molecule has 0 unspecified atom stereocenters. The van der Waals surface area contributed by atoms with Gasteiger partial charge in [-0.05, 0) is 35.9 Å². The van der Waals surface area contributed by atoms with Crippen LogP contribution >= 0.6 is 11.8 Å². The van der Waals surface area contributed by atoms with Crippen molar-refractivity contribution in [3.05, 3.63) is 77.9 Å². The second kappa shape index (κ2) is 9.88. The molecule has 0 radical (unpaired) electrons. The first-order chi connectivity index (χ1) is 16.7. The number of aromatic nitrogens is 1. The van der Waals surface area contributed by atoms with Gasteiger partial charge in [-0.3, -0.25) is 4.79 Å². The van der Waals surface area contributed by atoms with Crippen molar-refractivity contribution in [2.75, 3.05) is 25.1 Å². The molecule has 1 amide bonds. The number of nitrogens with zero attached hydrogens (tertiary/aromatic N) is 1. The van der Waals surface area contributed by atoms with Crippen LogP contribution in [0, 0.1) is 0 Å². The molecular formula is C25H20N2O6S. The quantitative estimate of drug-likeness (QED) is 0.303. The Morgan fingerprint density at radius 3 is 2.65 bits per heavy atom. The smallest absolute Gasteiger partial charge is 0.338 e. The molecule has 1 aliphatic rings. The molecule has 5 rings (SSSR count). The Morgan fingerprint density at radius 2 is 1.76 bits per heavy atom. The van der Waals surface area contributed by atoms with E-state index in [2.05, 4.69) is 10.3 Å². The van der Waals surface area contributed by atoms with Crippen LogP contribution in [0.3, 0.4) is 0 Å². The van der Waals surface area contributed by atoms with Crippen LogP contribution in [-0.4, -0.2) is 36.7 Å². The lowest BCUT2D eigenvalue weighted by molar-refractivity contribution is -0.119. The average Bonchev–Trinajstić information content (AvgIpc) is 3.29. The highest BCUT2D eigenvalue weighted by Gasteiger charge is 2.17. The highest BCUT2D eigenvalue weighted by molar-refractivity contribution is 7.98. The molecule has 0 saturated heterocycles. The molecule has 8 nitrogen and oxygen atoms in total. The van der Waals surface area contributed by atoms with E-state index in [1.807, 2.05) is 36.4 Å². The fraction of sp³-hybridized carbons (Fsp3) is 0.160. The Hall–Kier alpha value is -3.98. The molecule has 0 saturated carbocycles. The SMILES string of the molecule is O=C(COC(=O)c1ccccc1CSc1nc2ccccc2o1)Nc1ccc2c(c1)OCCO2. The zero-order valence-corrected chi connectivity index (χ0v) is 18.8. The summed E-state index contributed by atoms with van der Waals surface area (Å²) < 4.78 is 22.0. The number of rotatable bonds is 7. The number of esters is 1. The number of nitrogens with one attached hydrogen (secondary N) is 1. The number of thioether (sulfide) groups is 1. The molecular weight excluding hydrogens is 456 g/mol. The van der Waals surface area contributed by atoms with Gasteiger partial charge >= 0.3 is 5.97 Å². The summed E-state index contributed by atoms with van der Waals surface area (Å²) in [5.74, 6) is 0.616. The van der Waals surface area contributed by atoms with Crippen LogP contribution in [0.15, 0.2) is 76.4 Å². The minimum atomic E-state index is -0.578. The van der Waals surface area contributed by atoms with Gasteiger partial charge in [0.05, 0.1) is 5.56 Å². The van der Waals surface area contributed by atoms with E-state index in [9.17, 15) is 9.59 Å². The van der Waals surface area contributed by atoms with E-state index in [1.165, 1.54) is 11.8 Å². The van der Waals surface area contributed by atoms with Gasteiger partial charge < -0.3 is 23.9 Å². The third-order valence-electron chi connectivity index (χ3n) is 5.02. The van der Waals surface area contributed by atoms with E-state index in [4.69, 9.17) is 18.6 Å². The number of amides is 1. The minimum absolute atomic E-state index is 0.387. The summed E-state index contributed by atoms with van der Waals surface area (Å²) in [5, 5.41) is 3.21. The second-order valence-electron chi connectivity index (χ2n) is 7.38. The van der Waals surface area contributed by atoms with Crippen molar-refractivity contribution in [2.24, 2.45) is 0 Å². The van der Waals surface area contributed by atoms with E-state index >= 15 is 0 Å². The van der Waals surface area contributed by atoms with Gasteiger partial charge in [-0.2, -0.15) is 0 Å². The number of hydrogen-bond acceptors (Lipinski definition) is 8. The Morgan fingerprint density at radius 1 is 0.971 bits per heavy atom. The minimum Gasteiger partial charge on any atom is -0.486 e. The van der Waals surface area contributed by atoms with Gasteiger partial charge in [0.25, 0.3) is 11.1 Å². The number of carbonyl (C=O) groups excluding carboxylic acids is 2. The number of para-hydroxylation sites is 2. The van der Waals surface area contributed by atoms with Crippen molar-refractivity contribution in [3.8, 4) is 11.5 Å². The largest absolute Gasteiger partial charge is 0.486 e. The third-order valence-corrected chi connectivity index (χ3v) is 5.90. The predicted octanol–water partition coefficient (Wildman–Crippen LogP) is 4.69. The third kappa shape index (κ3) is 4.99. The molecule has 1 aromatic heterocycles. The fourth-order valence-corrected chi connectivity index (χ4v) is 4.27. The summed E-state index contributed by atoms with van der Waals surface area (Å²) >= 11 is 1.38. The number of hydrogen-bond donors (Lipinski definition) is 1. The average molecular weight is 477 g/mol. The summed E-state index contributed by atoms with van der Waals surface area (Å²) in [6.07, 6.45) is 0. The number of ether oxygens (including phenoxy) is 3. The van der Waals surface area contributed by atoms with Crippen LogP contribution in [0.2, 0.25) is 0 Å². The molecule has 4 aromatic rings. The van der Waals surface area contributed by atoms with Crippen LogP contribution in [0.1, 0.15) is 15.9 Å². The molecule has 0 aliphatic carbocycles. The van der Waals surface area contributed by atoms with E-state index in [0.29, 0.717) is 52.5 Å².